The number of aromatic nitrogens is 1. The second-order valence-electron chi connectivity index (χ2n) is 5.56. The summed E-state index contributed by atoms with van der Waals surface area (Å²) in [5, 5.41) is 10.4. The minimum absolute atomic E-state index is 0.0458. The number of nitrogens with zero attached hydrogens (tertiary/aromatic N) is 2. The van der Waals surface area contributed by atoms with Crippen LogP contribution >= 0.6 is 0 Å². The van der Waals surface area contributed by atoms with E-state index in [4.69, 9.17) is 9.72 Å². The predicted molar refractivity (Wildman–Crippen MR) is 75.7 cm³/mol. The number of benzene rings is 1. The zero-order valence-corrected chi connectivity index (χ0v) is 11.3. The van der Waals surface area contributed by atoms with Crippen molar-refractivity contribution >= 4 is 16.7 Å². The van der Waals surface area contributed by atoms with Crippen molar-refractivity contribution in [2.75, 3.05) is 24.7 Å². The number of aromatic hydroxyl groups is 1. The summed E-state index contributed by atoms with van der Waals surface area (Å²) in [5.74, 6) is 1.24. The van der Waals surface area contributed by atoms with E-state index in [1.165, 1.54) is 0 Å². The van der Waals surface area contributed by atoms with Gasteiger partial charge in [0.05, 0.1) is 24.3 Å². The molecular formula is C15H18N2O2. The number of morpholine rings is 1. The first kappa shape index (κ1) is 12.2. The fraction of sp³-hybridized carbons (Fsp3) is 0.400. The molecule has 100 valence electrons. The Morgan fingerprint density at radius 3 is 2.89 bits per heavy atom. The van der Waals surface area contributed by atoms with E-state index in [0.29, 0.717) is 6.61 Å². The maximum absolute atomic E-state index is 9.48. The Morgan fingerprint density at radius 1 is 1.26 bits per heavy atom. The average molecular weight is 258 g/mol. The van der Waals surface area contributed by atoms with Crippen molar-refractivity contribution in [2.24, 2.45) is 0 Å². The normalized spacial score (nSPS) is 18.7. The molecule has 0 unspecified atom stereocenters. The smallest absolute Gasteiger partial charge is 0.129 e. The van der Waals surface area contributed by atoms with Gasteiger partial charge in [-0.1, -0.05) is 0 Å². The van der Waals surface area contributed by atoms with Gasteiger partial charge in [0.1, 0.15) is 11.6 Å². The van der Waals surface area contributed by atoms with Crippen LogP contribution in [0.15, 0.2) is 30.3 Å². The lowest BCUT2D eigenvalue weighted by molar-refractivity contribution is 0.0639. The van der Waals surface area contributed by atoms with Gasteiger partial charge in [-0.2, -0.15) is 0 Å². The number of anilines is 1. The second kappa shape index (κ2) is 4.38. The number of fused-ring (bicyclic) bond motifs is 1. The first-order valence-electron chi connectivity index (χ1n) is 6.51. The van der Waals surface area contributed by atoms with Gasteiger partial charge in [-0.3, -0.25) is 0 Å². The van der Waals surface area contributed by atoms with Crippen molar-refractivity contribution in [3.8, 4) is 5.75 Å². The van der Waals surface area contributed by atoms with Crippen LogP contribution in [0.3, 0.4) is 0 Å². The van der Waals surface area contributed by atoms with Gasteiger partial charge in [0, 0.05) is 11.9 Å². The van der Waals surface area contributed by atoms with Gasteiger partial charge < -0.3 is 14.7 Å². The number of hydrogen-bond acceptors (Lipinski definition) is 4. The van der Waals surface area contributed by atoms with E-state index in [9.17, 15) is 5.11 Å². The summed E-state index contributed by atoms with van der Waals surface area (Å²) in [6.45, 7) is 6.62. The number of phenolic OH excluding ortho intramolecular Hbond substituents is 1. The van der Waals surface area contributed by atoms with Crippen LogP contribution in [0.4, 0.5) is 5.82 Å². The maximum Gasteiger partial charge on any atom is 0.129 e. The fourth-order valence-electron chi connectivity index (χ4n) is 2.54. The SMILES string of the molecule is CC1(C)COCCN1c1ccc2cc(O)ccc2n1. The molecule has 0 spiro atoms. The number of phenols is 1. The first-order valence-corrected chi connectivity index (χ1v) is 6.51. The van der Waals surface area contributed by atoms with Crippen molar-refractivity contribution in [2.45, 2.75) is 19.4 Å². The van der Waals surface area contributed by atoms with Gasteiger partial charge in [0.2, 0.25) is 0 Å². The van der Waals surface area contributed by atoms with E-state index in [1.54, 1.807) is 12.1 Å². The molecule has 0 aliphatic carbocycles. The van der Waals surface area contributed by atoms with Gasteiger partial charge in [-0.15, -0.1) is 0 Å². The van der Waals surface area contributed by atoms with Gasteiger partial charge in [-0.25, -0.2) is 4.98 Å². The van der Waals surface area contributed by atoms with Gasteiger partial charge in [0.25, 0.3) is 0 Å². The summed E-state index contributed by atoms with van der Waals surface area (Å²) in [4.78, 5) is 6.98. The molecule has 1 N–H and O–H groups in total. The third-order valence-electron chi connectivity index (χ3n) is 3.58. The minimum atomic E-state index is -0.0458. The van der Waals surface area contributed by atoms with E-state index in [1.807, 2.05) is 18.2 Å². The average Bonchev–Trinajstić information content (AvgIpc) is 2.38. The van der Waals surface area contributed by atoms with E-state index < -0.39 is 0 Å². The van der Waals surface area contributed by atoms with Crippen molar-refractivity contribution < 1.29 is 9.84 Å². The van der Waals surface area contributed by atoms with Crippen LogP contribution < -0.4 is 4.90 Å². The van der Waals surface area contributed by atoms with Gasteiger partial charge in [-0.05, 0) is 44.2 Å². The van der Waals surface area contributed by atoms with Crippen LogP contribution in [0, 0.1) is 0 Å². The van der Waals surface area contributed by atoms with Crippen LogP contribution in [-0.2, 0) is 4.74 Å². The molecule has 1 aromatic carbocycles. The Hall–Kier alpha value is -1.81. The van der Waals surface area contributed by atoms with Crippen molar-refractivity contribution in [1.82, 2.24) is 4.98 Å². The molecule has 3 rings (SSSR count). The molecular weight excluding hydrogens is 240 g/mol. The zero-order chi connectivity index (χ0) is 13.5. The van der Waals surface area contributed by atoms with Crippen LogP contribution in [0.1, 0.15) is 13.8 Å². The lowest BCUT2D eigenvalue weighted by Gasteiger charge is -2.43. The molecule has 1 fully saturated rings. The highest BCUT2D eigenvalue weighted by Gasteiger charge is 2.31. The summed E-state index contributed by atoms with van der Waals surface area (Å²) < 4.78 is 5.54. The quantitative estimate of drug-likeness (QED) is 0.854. The second-order valence-corrected chi connectivity index (χ2v) is 5.56. The number of pyridine rings is 1. The number of ether oxygens (including phenoxy) is 1. The summed E-state index contributed by atoms with van der Waals surface area (Å²) in [5.41, 5.74) is 0.855. The summed E-state index contributed by atoms with van der Waals surface area (Å²) >= 11 is 0. The largest absolute Gasteiger partial charge is 0.508 e. The Morgan fingerprint density at radius 2 is 2.11 bits per heavy atom. The minimum Gasteiger partial charge on any atom is -0.508 e. The Bertz CT molecular complexity index is 610. The maximum atomic E-state index is 9.48. The van der Waals surface area contributed by atoms with E-state index in [2.05, 4.69) is 18.7 Å². The molecule has 1 aliphatic heterocycles. The topological polar surface area (TPSA) is 45.6 Å². The molecule has 19 heavy (non-hydrogen) atoms. The number of hydrogen-bond donors (Lipinski definition) is 1. The van der Waals surface area contributed by atoms with Crippen LogP contribution in [0.25, 0.3) is 10.9 Å². The van der Waals surface area contributed by atoms with E-state index >= 15 is 0 Å². The molecule has 0 amide bonds. The van der Waals surface area contributed by atoms with Crippen molar-refractivity contribution in [1.29, 1.82) is 0 Å². The first-order chi connectivity index (χ1) is 9.06. The fourth-order valence-corrected chi connectivity index (χ4v) is 2.54. The number of rotatable bonds is 1. The van der Waals surface area contributed by atoms with Gasteiger partial charge in [0.15, 0.2) is 0 Å². The lowest BCUT2D eigenvalue weighted by Crippen LogP contribution is -2.53. The Balaban J connectivity index is 2.03. The molecule has 1 aromatic heterocycles. The molecule has 1 aliphatic rings. The molecule has 4 heteroatoms. The molecule has 0 atom stereocenters. The Kier molecular flexibility index (Phi) is 2.82. The third-order valence-corrected chi connectivity index (χ3v) is 3.58. The molecule has 4 nitrogen and oxygen atoms in total. The highest BCUT2D eigenvalue weighted by molar-refractivity contribution is 5.81. The molecule has 2 heterocycles. The van der Waals surface area contributed by atoms with E-state index in [0.717, 1.165) is 29.9 Å². The summed E-state index contributed by atoms with van der Waals surface area (Å²) in [7, 11) is 0. The third kappa shape index (κ3) is 2.24. The summed E-state index contributed by atoms with van der Waals surface area (Å²) in [6, 6.07) is 9.26. The molecule has 0 bridgehead atoms. The van der Waals surface area contributed by atoms with Crippen molar-refractivity contribution in [3.05, 3.63) is 30.3 Å². The lowest BCUT2D eigenvalue weighted by atomic mass is 10.0. The molecule has 0 radical (unpaired) electrons. The highest BCUT2D eigenvalue weighted by Crippen LogP contribution is 2.28. The van der Waals surface area contributed by atoms with Crippen LogP contribution in [0.2, 0.25) is 0 Å². The van der Waals surface area contributed by atoms with Gasteiger partial charge >= 0.3 is 0 Å². The Labute approximate surface area is 112 Å². The van der Waals surface area contributed by atoms with Crippen LogP contribution in [-0.4, -0.2) is 35.4 Å². The molecule has 2 aromatic rings. The van der Waals surface area contributed by atoms with Crippen molar-refractivity contribution in [3.63, 3.8) is 0 Å². The monoisotopic (exact) mass is 258 g/mol. The zero-order valence-electron chi connectivity index (χ0n) is 11.3. The predicted octanol–water partition coefficient (Wildman–Crippen LogP) is 2.56. The highest BCUT2D eigenvalue weighted by atomic mass is 16.5. The standard InChI is InChI=1S/C15H18N2O2/c1-15(2)10-19-8-7-17(15)14-6-3-11-9-12(18)4-5-13(11)16-14/h3-6,9,18H,7-8,10H2,1-2H3. The van der Waals surface area contributed by atoms with Crippen LogP contribution in [0.5, 0.6) is 5.75 Å². The molecule has 1 saturated heterocycles. The molecule has 0 saturated carbocycles. The summed E-state index contributed by atoms with van der Waals surface area (Å²) in [6.07, 6.45) is 0. The van der Waals surface area contributed by atoms with E-state index in [-0.39, 0.29) is 11.3 Å².